The number of nitro groups is 1. The van der Waals surface area contributed by atoms with Crippen molar-refractivity contribution in [2.24, 2.45) is 0 Å². The number of ether oxygens (including phenoxy) is 1. The Labute approximate surface area is 224 Å². The summed E-state index contributed by atoms with van der Waals surface area (Å²) in [7, 11) is 0. The molecule has 1 saturated heterocycles. The van der Waals surface area contributed by atoms with Crippen LogP contribution in [0.1, 0.15) is 39.4 Å². The molecule has 0 bridgehead atoms. The highest BCUT2D eigenvalue weighted by atomic mass is 32.1. The van der Waals surface area contributed by atoms with Crippen LogP contribution in [-0.4, -0.2) is 53.0 Å². The molecule has 1 aromatic heterocycles. The van der Waals surface area contributed by atoms with Gasteiger partial charge in [-0.2, -0.15) is 0 Å². The minimum Gasteiger partial charge on any atom is -0.488 e. The summed E-state index contributed by atoms with van der Waals surface area (Å²) in [5.74, 6) is 5.09. The van der Waals surface area contributed by atoms with Crippen molar-refractivity contribution in [2.45, 2.75) is 25.9 Å². The zero-order chi connectivity index (χ0) is 27.1. The summed E-state index contributed by atoms with van der Waals surface area (Å²) in [5.41, 5.74) is 1.79. The van der Waals surface area contributed by atoms with Crippen molar-refractivity contribution >= 4 is 34.6 Å². The van der Waals surface area contributed by atoms with Gasteiger partial charge in [0.2, 0.25) is 0 Å². The van der Waals surface area contributed by atoms with Crippen molar-refractivity contribution in [3.63, 3.8) is 0 Å². The normalized spacial score (nSPS) is 13.8. The third-order valence-corrected chi connectivity index (χ3v) is 7.27. The Morgan fingerprint density at radius 1 is 1.05 bits per heavy atom. The lowest BCUT2D eigenvalue weighted by Gasteiger charge is -2.35. The van der Waals surface area contributed by atoms with Gasteiger partial charge in [-0.3, -0.25) is 19.7 Å². The molecule has 3 aromatic rings. The highest BCUT2D eigenvalue weighted by Crippen LogP contribution is 2.25. The number of non-ortho nitro benzene ring substituents is 1. The van der Waals surface area contributed by atoms with E-state index in [2.05, 4.69) is 16.7 Å². The first-order valence-electron chi connectivity index (χ1n) is 12.1. The Morgan fingerprint density at radius 3 is 2.34 bits per heavy atom. The van der Waals surface area contributed by atoms with E-state index in [1.54, 1.807) is 31.2 Å². The molecule has 2 aromatic carbocycles. The number of carbonyl (C=O) groups is 2. The number of carbonyl (C=O) groups excluding carboxylic acids is 1. The molecule has 38 heavy (non-hydrogen) atoms. The number of thiophene rings is 1. The molecule has 9 nitrogen and oxygen atoms in total. The largest absolute Gasteiger partial charge is 0.488 e. The van der Waals surface area contributed by atoms with Crippen LogP contribution in [0.2, 0.25) is 0 Å². The van der Waals surface area contributed by atoms with Gasteiger partial charge < -0.3 is 19.6 Å². The average Bonchev–Trinajstić information content (AvgIpc) is 3.41. The zero-order valence-corrected chi connectivity index (χ0v) is 21.6. The molecule has 1 aliphatic heterocycles. The first-order valence-corrected chi connectivity index (χ1v) is 12.9. The van der Waals surface area contributed by atoms with E-state index in [0.717, 1.165) is 16.1 Å². The van der Waals surface area contributed by atoms with Crippen LogP contribution in [-0.2, 0) is 11.4 Å². The standard InChI is InChI=1S/C28H27N3O6S/c1-2-3-21(18-27(32)33)20-4-10-24(11-5-20)37-19-25-12-13-26(38-25)28(34)30-16-14-29(15-17-30)22-6-8-23(9-7-22)31(35)36/h4-13,21H,14-19H2,1H3,(H,32,33). The first-order chi connectivity index (χ1) is 18.3. The maximum atomic E-state index is 13.0. The fourth-order valence-electron chi connectivity index (χ4n) is 4.23. The van der Waals surface area contributed by atoms with Gasteiger partial charge in [0.05, 0.1) is 22.1 Å². The Morgan fingerprint density at radius 2 is 1.74 bits per heavy atom. The van der Waals surface area contributed by atoms with Gasteiger partial charge in [-0.05, 0) is 48.9 Å². The molecule has 1 atom stereocenters. The van der Waals surface area contributed by atoms with E-state index < -0.39 is 10.9 Å². The molecule has 196 valence electrons. The van der Waals surface area contributed by atoms with E-state index >= 15 is 0 Å². The highest BCUT2D eigenvalue weighted by Gasteiger charge is 2.24. The lowest BCUT2D eigenvalue weighted by atomic mass is 9.96. The SMILES string of the molecule is CC#CC(CC(=O)O)c1ccc(OCc2ccc(C(=O)N3CCN(c4ccc([N+](=O)[O-])cc4)CC3)s2)cc1. The van der Waals surface area contributed by atoms with Crippen LogP contribution in [0, 0.1) is 22.0 Å². The minimum atomic E-state index is -0.896. The lowest BCUT2D eigenvalue weighted by molar-refractivity contribution is -0.384. The highest BCUT2D eigenvalue weighted by molar-refractivity contribution is 7.14. The van der Waals surface area contributed by atoms with E-state index in [-0.39, 0.29) is 23.9 Å². The van der Waals surface area contributed by atoms with Gasteiger partial charge in [-0.1, -0.05) is 18.1 Å². The molecular formula is C28H27N3O6S. The second-order valence-electron chi connectivity index (χ2n) is 8.72. The molecule has 1 aliphatic rings. The molecule has 4 rings (SSSR count). The van der Waals surface area contributed by atoms with Crippen molar-refractivity contribution < 1.29 is 24.4 Å². The van der Waals surface area contributed by atoms with Crippen LogP contribution >= 0.6 is 11.3 Å². The number of aliphatic carboxylic acids is 1. The van der Waals surface area contributed by atoms with Crippen molar-refractivity contribution in [3.8, 4) is 17.6 Å². The van der Waals surface area contributed by atoms with E-state index in [1.165, 1.54) is 23.5 Å². The van der Waals surface area contributed by atoms with Gasteiger partial charge in [0.25, 0.3) is 11.6 Å². The van der Waals surface area contributed by atoms with Gasteiger partial charge in [-0.15, -0.1) is 17.3 Å². The summed E-state index contributed by atoms with van der Waals surface area (Å²) < 4.78 is 5.88. The molecule has 0 aliphatic carbocycles. The molecule has 1 amide bonds. The van der Waals surface area contributed by atoms with Crippen molar-refractivity contribution in [1.29, 1.82) is 0 Å². The number of carboxylic acid groups (broad SMARTS) is 1. The average molecular weight is 534 g/mol. The summed E-state index contributed by atoms with van der Waals surface area (Å²) in [6.45, 7) is 4.44. The smallest absolute Gasteiger partial charge is 0.304 e. The quantitative estimate of drug-likeness (QED) is 0.239. The topological polar surface area (TPSA) is 113 Å². The number of anilines is 1. The Hall–Kier alpha value is -4.36. The van der Waals surface area contributed by atoms with Crippen molar-refractivity contribution in [3.05, 3.63) is 86.1 Å². The minimum absolute atomic E-state index is 0.0181. The Balaban J connectivity index is 1.28. The van der Waals surface area contributed by atoms with Crippen LogP contribution in [0.5, 0.6) is 5.75 Å². The number of hydrogen-bond acceptors (Lipinski definition) is 7. The summed E-state index contributed by atoms with van der Waals surface area (Å²) in [4.78, 5) is 40.1. The van der Waals surface area contributed by atoms with Crippen LogP contribution in [0.15, 0.2) is 60.7 Å². The molecule has 0 saturated carbocycles. The number of piperazine rings is 1. The Kier molecular flexibility index (Phi) is 8.61. The van der Waals surface area contributed by atoms with E-state index in [4.69, 9.17) is 9.84 Å². The van der Waals surface area contributed by atoms with Crippen LogP contribution in [0.3, 0.4) is 0 Å². The van der Waals surface area contributed by atoms with E-state index in [0.29, 0.717) is 43.4 Å². The predicted octanol–water partition coefficient (Wildman–Crippen LogP) is 4.78. The third-order valence-electron chi connectivity index (χ3n) is 6.23. The number of hydrogen-bond donors (Lipinski definition) is 1. The monoisotopic (exact) mass is 533 g/mol. The first kappa shape index (κ1) is 26.7. The van der Waals surface area contributed by atoms with Crippen molar-refractivity contribution in [2.75, 3.05) is 31.1 Å². The molecule has 0 radical (unpaired) electrons. The molecule has 1 fully saturated rings. The fraction of sp³-hybridized carbons (Fsp3) is 0.286. The number of nitrogens with zero attached hydrogens (tertiary/aromatic N) is 3. The van der Waals surface area contributed by atoms with E-state index in [1.807, 2.05) is 29.2 Å². The Bertz CT molecular complexity index is 1350. The van der Waals surface area contributed by atoms with Gasteiger partial charge >= 0.3 is 5.97 Å². The number of benzene rings is 2. The molecule has 1 N–H and O–H groups in total. The molecule has 0 spiro atoms. The van der Waals surface area contributed by atoms with E-state index in [9.17, 15) is 19.7 Å². The maximum Gasteiger partial charge on any atom is 0.304 e. The third kappa shape index (κ3) is 6.69. The number of rotatable bonds is 9. The second kappa shape index (κ2) is 12.3. The molecular weight excluding hydrogens is 506 g/mol. The summed E-state index contributed by atoms with van der Waals surface area (Å²) in [6.07, 6.45) is -0.0564. The summed E-state index contributed by atoms with van der Waals surface area (Å²) >= 11 is 1.40. The maximum absolute atomic E-state index is 13.0. The van der Waals surface area contributed by atoms with Gasteiger partial charge in [-0.25, -0.2) is 0 Å². The van der Waals surface area contributed by atoms with Gasteiger partial charge in [0, 0.05) is 48.9 Å². The molecule has 10 heteroatoms. The zero-order valence-electron chi connectivity index (χ0n) is 20.8. The molecule has 1 unspecified atom stereocenters. The number of amides is 1. The van der Waals surface area contributed by atoms with Gasteiger partial charge in [0.15, 0.2) is 0 Å². The second-order valence-corrected chi connectivity index (χ2v) is 9.89. The summed E-state index contributed by atoms with van der Waals surface area (Å²) in [5, 5.41) is 20.0. The number of nitro benzene ring substituents is 1. The molecule has 2 heterocycles. The van der Waals surface area contributed by atoms with Crippen LogP contribution < -0.4 is 9.64 Å². The van der Waals surface area contributed by atoms with Crippen LogP contribution in [0.4, 0.5) is 11.4 Å². The lowest BCUT2D eigenvalue weighted by Crippen LogP contribution is -2.48. The summed E-state index contributed by atoms with van der Waals surface area (Å²) in [6, 6.07) is 17.4. The van der Waals surface area contributed by atoms with Crippen LogP contribution in [0.25, 0.3) is 0 Å². The van der Waals surface area contributed by atoms with Crippen molar-refractivity contribution in [1.82, 2.24) is 4.90 Å². The predicted molar refractivity (Wildman–Crippen MR) is 145 cm³/mol. The van der Waals surface area contributed by atoms with Gasteiger partial charge in [0.1, 0.15) is 12.4 Å². The fourth-order valence-corrected chi connectivity index (χ4v) is 5.12. The number of carboxylic acids is 1.